The molecule has 0 fully saturated rings. The van der Waals surface area contributed by atoms with E-state index in [0.717, 1.165) is 12.0 Å². The summed E-state index contributed by atoms with van der Waals surface area (Å²) in [5, 5.41) is 4.90. The molecule has 0 spiro atoms. The van der Waals surface area contributed by atoms with Crippen LogP contribution in [0.4, 0.5) is 4.79 Å². The number of carbonyl (C=O) groups excluding carboxylic acids is 2. The van der Waals surface area contributed by atoms with E-state index in [0.29, 0.717) is 31.2 Å². The second kappa shape index (κ2) is 11.0. The lowest BCUT2D eigenvalue weighted by Crippen LogP contribution is -2.50. The van der Waals surface area contributed by atoms with E-state index in [1.165, 1.54) is 9.78 Å². The first kappa shape index (κ1) is 23.7. The number of hydrogen-bond acceptors (Lipinski definition) is 5. The maximum absolute atomic E-state index is 13.3. The van der Waals surface area contributed by atoms with Gasteiger partial charge in [0, 0.05) is 30.1 Å². The Balaban J connectivity index is 1.76. The predicted octanol–water partition coefficient (Wildman–Crippen LogP) is 3.87. The number of amides is 3. The van der Waals surface area contributed by atoms with Crippen molar-refractivity contribution in [2.45, 2.75) is 32.4 Å². The van der Waals surface area contributed by atoms with Gasteiger partial charge in [0.15, 0.2) is 0 Å². The van der Waals surface area contributed by atoms with Gasteiger partial charge in [0.05, 0.1) is 13.2 Å². The van der Waals surface area contributed by atoms with Crippen LogP contribution in [0.15, 0.2) is 48.4 Å². The monoisotopic (exact) mass is 457 g/mol. The van der Waals surface area contributed by atoms with Gasteiger partial charge in [-0.25, -0.2) is 4.79 Å². The van der Waals surface area contributed by atoms with Gasteiger partial charge < -0.3 is 24.6 Å². The zero-order valence-electron chi connectivity index (χ0n) is 18.9. The average Bonchev–Trinajstić information content (AvgIpc) is 3.25. The Bertz CT molecular complexity index is 943. The van der Waals surface area contributed by atoms with E-state index in [4.69, 9.17) is 9.47 Å². The molecule has 0 aliphatic carbocycles. The van der Waals surface area contributed by atoms with Crippen molar-refractivity contribution in [2.75, 3.05) is 33.4 Å². The third-order valence-corrected chi connectivity index (χ3v) is 6.24. The number of methoxy groups -OCH3 is 1. The van der Waals surface area contributed by atoms with Gasteiger partial charge in [0.2, 0.25) is 5.91 Å². The van der Waals surface area contributed by atoms with Crippen molar-refractivity contribution in [1.82, 2.24) is 15.1 Å². The summed E-state index contributed by atoms with van der Waals surface area (Å²) in [7, 11) is 1.61. The maximum atomic E-state index is 13.3. The van der Waals surface area contributed by atoms with Crippen LogP contribution in [0.25, 0.3) is 0 Å². The number of nitrogens with zero attached hydrogens (tertiary/aromatic N) is 2. The van der Waals surface area contributed by atoms with E-state index in [9.17, 15) is 9.59 Å². The molecule has 0 unspecified atom stereocenters. The number of thiophene rings is 1. The summed E-state index contributed by atoms with van der Waals surface area (Å²) in [6.07, 6.45) is 2.43. The summed E-state index contributed by atoms with van der Waals surface area (Å²) in [5.74, 6) is 1.29. The molecule has 1 aliphatic rings. The third-order valence-electron chi connectivity index (χ3n) is 5.24. The first-order chi connectivity index (χ1) is 15.4. The number of nitrogens with one attached hydrogen (secondary N) is 1. The Kier molecular flexibility index (Phi) is 8.16. The molecule has 1 aliphatic heterocycles. The van der Waals surface area contributed by atoms with Crippen molar-refractivity contribution in [3.8, 4) is 11.5 Å². The Morgan fingerprint density at radius 3 is 2.84 bits per heavy atom. The number of hydrogen-bond donors (Lipinski definition) is 1. The van der Waals surface area contributed by atoms with Gasteiger partial charge in [0.1, 0.15) is 24.7 Å². The van der Waals surface area contributed by atoms with Gasteiger partial charge in [-0.1, -0.05) is 12.1 Å². The van der Waals surface area contributed by atoms with Crippen LogP contribution in [-0.2, 0) is 11.2 Å². The molecule has 32 heavy (non-hydrogen) atoms. The summed E-state index contributed by atoms with van der Waals surface area (Å²) in [5.41, 5.74) is 1.11. The topological polar surface area (TPSA) is 71.1 Å². The lowest BCUT2D eigenvalue weighted by atomic mass is 10.0. The van der Waals surface area contributed by atoms with Crippen molar-refractivity contribution in [1.29, 1.82) is 0 Å². The summed E-state index contributed by atoms with van der Waals surface area (Å²) < 4.78 is 11.3. The largest absolute Gasteiger partial charge is 0.497 e. The van der Waals surface area contributed by atoms with E-state index >= 15 is 0 Å². The molecule has 1 N–H and O–H groups in total. The van der Waals surface area contributed by atoms with Crippen molar-refractivity contribution < 1.29 is 19.1 Å². The van der Waals surface area contributed by atoms with Crippen LogP contribution >= 0.6 is 11.3 Å². The highest BCUT2D eigenvalue weighted by atomic mass is 32.1. The molecule has 3 amide bonds. The Morgan fingerprint density at radius 1 is 1.34 bits per heavy atom. The van der Waals surface area contributed by atoms with Crippen LogP contribution < -0.4 is 14.8 Å². The molecule has 0 bridgehead atoms. The van der Waals surface area contributed by atoms with Crippen LogP contribution in [-0.4, -0.2) is 61.1 Å². The third kappa shape index (κ3) is 5.82. The minimum atomic E-state index is -0.273. The highest BCUT2D eigenvalue weighted by Crippen LogP contribution is 2.34. The van der Waals surface area contributed by atoms with Crippen molar-refractivity contribution in [2.24, 2.45) is 0 Å². The second-order valence-electron chi connectivity index (χ2n) is 7.92. The van der Waals surface area contributed by atoms with E-state index in [1.54, 1.807) is 24.5 Å². The first-order valence-electron chi connectivity index (χ1n) is 10.7. The molecule has 1 aromatic carbocycles. The lowest BCUT2D eigenvalue weighted by Gasteiger charge is -2.37. The van der Waals surface area contributed by atoms with Crippen molar-refractivity contribution in [3.05, 3.63) is 58.8 Å². The molecule has 8 heteroatoms. The average molecular weight is 458 g/mol. The smallest absolute Gasteiger partial charge is 0.318 e. The Morgan fingerprint density at radius 2 is 2.12 bits per heavy atom. The van der Waals surface area contributed by atoms with Crippen LogP contribution in [0.1, 0.15) is 30.3 Å². The molecule has 1 aromatic heterocycles. The van der Waals surface area contributed by atoms with Gasteiger partial charge in [-0.15, -0.1) is 17.9 Å². The number of benzene rings is 1. The molecule has 3 rings (SSSR count). The molecule has 0 saturated carbocycles. The predicted molar refractivity (Wildman–Crippen MR) is 126 cm³/mol. The Hall–Kier alpha value is -3.00. The van der Waals surface area contributed by atoms with Crippen molar-refractivity contribution in [3.63, 3.8) is 0 Å². The zero-order chi connectivity index (χ0) is 23.1. The van der Waals surface area contributed by atoms with Gasteiger partial charge in [0.25, 0.3) is 0 Å². The highest BCUT2D eigenvalue weighted by molar-refractivity contribution is 7.10. The summed E-state index contributed by atoms with van der Waals surface area (Å²) in [6, 6.07) is 8.97. The summed E-state index contributed by atoms with van der Waals surface area (Å²) in [4.78, 5) is 30.4. The van der Waals surface area contributed by atoms with E-state index in [1.807, 2.05) is 43.0 Å². The molecular weight excluding hydrogens is 426 g/mol. The van der Waals surface area contributed by atoms with Gasteiger partial charge in [-0.05, 0) is 49.4 Å². The SMILES string of the molecule is C=CCN(CC(=O)N1CCc2sccc2[C@@H]1COc1cccc(OC)c1)C(=O)NC(C)C. The summed E-state index contributed by atoms with van der Waals surface area (Å²) in [6.45, 7) is 8.70. The number of urea groups is 1. The molecular formula is C24H31N3O4S. The van der Waals surface area contributed by atoms with Crippen LogP contribution in [0.5, 0.6) is 11.5 Å². The van der Waals surface area contributed by atoms with Crippen LogP contribution in [0.3, 0.4) is 0 Å². The fourth-order valence-electron chi connectivity index (χ4n) is 3.71. The molecule has 0 radical (unpaired) electrons. The molecule has 2 heterocycles. The number of fused-ring (bicyclic) bond motifs is 1. The van der Waals surface area contributed by atoms with E-state index in [2.05, 4.69) is 23.3 Å². The van der Waals surface area contributed by atoms with Crippen LogP contribution in [0.2, 0.25) is 0 Å². The van der Waals surface area contributed by atoms with E-state index in [-0.39, 0.29) is 30.6 Å². The van der Waals surface area contributed by atoms with Gasteiger partial charge >= 0.3 is 6.03 Å². The molecule has 172 valence electrons. The van der Waals surface area contributed by atoms with Gasteiger partial charge in [-0.3, -0.25) is 4.79 Å². The lowest BCUT2D eigenvalue weighted by molar-refractivity contribution is -0.135. The van der Waals surface area contributed by atoms with Crippen molar-refractivity contribution >= 4 is 23.3 Å². The highest BCUT2D eigenvalue weighted by Gasteiger charge is 2.33. The molecule has 2 aromatic rings. The van der Waals surface area contributed by atoms with Crippen LogP contribution in [0, 0.1) is 0 Å². The second-order valence-corrected chi connectivity index (χ2v) is 8.92. The number of rotatable bonds is 9. The minimum absolute atomic E-state index is 0.0142. The minimum Gasteiger partial charge on any atom is -0.497 e. The Labute approximate surface area is 193 Å². The standard InChI is InChI=1S/C24H31N3O4S/c1-5-11-26(24(29)25-17(2)3)15-23(28)27-12-9-22-20(10-13-32-22)21(27)16-31-19-8-6-7-18(14-19)30-4/h5-8,10,13-14,17,21H,1,9,11-12,15-16H2,2-4H3,(H,25,29)/t21-/m0/s1. The zero-order valence-corrected chi connectivity index (χ0v) is 19.7. The molecule has 1 atom stereocenters. The maximum Gasteiger partial charge on any atom is 0.318 e. The molecule has 0 saturated heterocycles. The fourth-order valence-corrected chi connectivity index (χ4v) is 4.64. The molecule has 7 nitrogen and oxygen atoms in total. The normalized spacial score (nSPS) is 15.1. The van der Waals surface area contributed by atoms with E-state index < -0.39 is 0 Å². The number of carbonyl (C=O) groups is 2. The number of ether oxygens (including phenoxy) is 2. The first-order valence-corrected chi connectivity index (χ1v) is 11.6. The van der Waals surface area contributed by atoms with Gasteiger partial charge in [-0.2, -0.15) is 0 Å². The fraction of sp³-hybridized carbons (Fsp3) is 0.417. The summed E-state index contributed by atoms with van der Waals surface area (Å²) >= 11 is 1.70. The quantitative estimate of drug-likeness (QED) is 0.581.